The largest absolute Gasteiger partial charge is 0.389 e. The zero-order chi connectivity index (χ0) is 34.6. The van der Waals surface area contributed by atoms with Gasteiger partial charge < -0.3 is 11.5 Å². The molecule has 4 N–H and O–H groups in total. The van der Waals surface area contributed by atoms with Crippen molar-refractivity contribution >= 4 is 169 Å². The van der Waals surface area contributed by atoms with Crippen LogP contribution in [0.1, 0.15) is 15.9 Å². The molecule has 0 fully saturated rings. The van der Waals surface area contributed by atoms with Crippen molar-refractivity contribution in [3.8, 4) is 0 Å². The number of carbonyl (C=O) groups excluding carboxylic acids is 1. The molecule has 44 heavy (non-hydrogen) atoms. The molecule has 0 unspecified atom stereocenters. The minimum Gasteiger partial charge on any atom is -0.389 e. The number of benzene rings is 2. The van der Waals surface area contributed by atoms with Crippen molar-refractivity contribution in [1.29, 1.82) is 0 Å². The second kappa shape index (κ2) is 16.8. The topological polar surface area (TPSA) is 69.1 Å². The van der Waals surface area contributed by atoms with Crippen LogP contribution in [0.25, 0.3) is 0 Å². The molecule has 0 spiro atoms. The number of carbonyl (C=O) groups is 1. The highest BCUT2D eigenvalue weighted by Crippen LogP contribution is 3.02. The van der Waals surface area contributed by atoms with E-state index in [9.17, 15) is 43.7 Å². The number of amides is 1. The molecule has 0 radical (unpaired) electrons. The van der Waals surface area contributed by atoms with Crippen LogP contribution in [0.15, 0.2) is 58.3 Å². The Labute approximate surface area is 290 Å². The number of rotatable bonds is 7. The predicted molar refractivity (Wildman–Crippen MR) is 201 cm³/mol. The van der Waals surface area contributed by atoms with Gasteiger partial charge in [-0.05, 0) is 110 Å². The first kappa shape index (κ1) is 45.3. The summed E-state index contributed by atoms with van der Waals surface area (Å²) in [6.07, 6.45) is 0. The third kappa shape index (κ3) is 20.0. The number of nitrogens with two attached hydrogens (primary N) is 2. The van der Waals surface area contributed by atoms with E-state index in [1.807, 2.05) is 9.50 Å². The van der Waals surface area contributed by atoms with Crippen LogP contribution >= 0.6 is 60.8 Å². The summed E-state index contributed by atoms with van der Waals surface area (Å²) >= 11 is 19.1. The minimum atomic E-state index is -9.64. The lowest BCUT2D eigenvalue weighted by molar-refractivity contribution is 0.1000. The monoisotopic (exact) mass is 954 g/mol. The zero-order valence-electron chi connectivity index (χ0n) is 20.1. The van der Waals surface area contributed by atoms with Gasteiger partial charge >= 0.3 is 20.4 Å². The molecule has 2 aromatic rings. The van der Waals surface area contributed by atoms with E-state index in [1.54, 1.807) is 44.4 Å². The van der Waals surface area contributed by atoms with Crippen LogP contribution in [-0.4, -0.2) is 10.9 Å². The number of halogens is 10. The molecule has 252 valence electrons. The Morgan fingerprint density at radius 1 is 0.659 bits per heavy atom. The molecule has 0 saturated heterocycles. The average molecular weight is 955 g/mol. The fourth-order valence-corrected chi connectivity index (χ4v) is 38.7. The van der Waals surface area contributed by atoms with Gasteiger partial charge in [-0.2, -0.15) is 0 Å². The average Bonchev–Trinajstić information content (AvgIpc) is 2.89. The van der Waals surface area contributed by atoms with Gasteiger partial charge in [0.15, 0.2) is 0 Å². The van der Waals surface area contributed by atoms with Crippen molar-refractivity contribution in [2.75, 3.05) is 0 Å². The molecule has 3 nitrogen and oxygen atoms in total. The van der Waals surface area contributed by atoms with Gasteiger partial charge in [-0.15, -0.1) is 0 Å². The molecule has 2 rings (SSSR count). The molecule has 0 aromatic heterocycles. The van der Waals surface area contributed by atoms with Gasteiger partial charge in [-0.1, -0.05) is 86.8 Å². The van der Waals surface area contributed by atoms with E-state index >= 15 is 0 Å². The van der Waals surface area contributed by atoms with Crippen LogP contribution in [0.5, 0.6) is 0 Å². The number of hydrogen-bond acceptors (Lipinski definition) is 5. The molecule has 0 heterocycles. The fourth-order valence-electron chi connectivity index (χ4n) is 1.90. The highest BCUT2D eigenvalue weighted by molar-refractivity contribution is 8.87. The van der Waals surface area contributed by atoms with Gasteiger partial charge in [0.2, 0.25) is 5.91 Å². The lowest BCUT2D eigenvalue weighted by Crippen LogP contribution is -2.12. The first-order valence-corrected chi connectivity index (χ1v) is 32.2. The van der Waals surface area contributed by atoms with E-state index in [0.29, 0.717) is 12.1 Å². The Morgan fingerprint density at radius 2 is 1.02 bits per heavy atom. The SMILES string of the molecule is NC(=O)c1ccc(S(F)(F)(F)(F)F)cc1.NC(=S)c1ccc(S(F)(F)(F)(F)F)cc1.S=PP(P=S)P=S=S=S=S=S=S=S=S. The van der Waals surface area contributed by atoms with E-state index in [4.69, 9.17) is 46.3 Å². The summed E-state index contributed by atoms with van der Waals surface area (Å²) in [5.74, 6) is -0.983. The Morgan fingerprint density at radius 3 is 1.34 bits per heavy atom. The van der Waals surface area contributed by atoms with Gasteiger partial charge in [-0.3, -0.25) is 4.79 Å². The van der Waals surface area contributed by atoms with E-state index < -0.39 is 36.1 Å². The summed E-state index contributed by atoms with van der Waals surface area (Å²) in [6.45, 7) is -0.151. The highest BCUT2D eigenvalue weighted by Gasteiger charge is 2.66. The third-order valence-electron chi connectivity index (χ3n) is 3.59. The molecule has 0 saturated carbocycles. The van der Waals surface area contributed by atoms with Crippen LogP contribution in [0, 0.1) is 0 Å². The molecular formula is C14H12F10N2OP4S13. The second-order valence-corrected chi connectivity index (χ2v) is 37.9. The quantitative estimate of drug-likeness (QED) is 0.164. The highest BCUT2D eigenvalue weighted by atomic mass is 33.4. The maximum Gasteiger partial charge on any atom is 0.310 e. The third-order valence-corrected chi connectivity index (χ3v) is 39.9. The molecule has 0 aliphatic carbocycles. The van der Waals surface area contributed by atoms with Crippen molar-refractivity contribution in [2.24, 2.45) is 11.5 Å². The van der Waals surface area contributed by atoms with Crippen molar-refractivity contribution in [1.82, 2.24) is 0 Å². The second-order valence-electron chi connectivity index (χ2n) is 6.71. The van der Waals surface area contributed by atoms with E-state index in [-0.39, 0.29) is 47.4 Å². The standard InChI is InChI=1S/C7H6F5NOS.C7H6F5NS2.P4S10/c2*8-15(9,10,11,12)6-3-1-5(2-4-6)7(13)14;5-1-4(2-6)3-8-10-12-14-13-11-9-7/h2*1-4H,(H2,13,14);. The van der Waals surface area contributed by atoms with E-state index in [1.165, 1.54) is 15.9 Å². The van der Waals surface area contributed by atoms with Crippen LogP contribution < -0.4 is 11.5 Å². The summed E-state index contributed by atoms with van der Waals surface area (Å²) in [5, 5.41) is 0. The lowest BCUT2D eigenvalue weighted by Gasteiger charge is -2.40. The summed E-state index contributed by atoms with van der Waals surface area (Å²) in [7, 11) is -3.99. The smallest absolute Gasteiger partial charge is 0.310 e. The van der Waals surface area contributed by atoms with Crippen LogP contribution in [0.2, 0.25) is 0 Å². The van der Waals surface area contributed by atoms with Crippen LogP contribution in [0.4, 0.5) is 38.9 Å². The first-order chi connectivity index (χ1) is 19.6. The van der Waals surface area contributed by atoms with Crippen molar-refractivity contribution in [3.63, 3.8) is 0 Å². The number of thiocarbonyl (C=S) groups is 1. The first-order valence-electron chi connectivity index (χ1n) is 9.39. The van der Waals surface area contributed by atoms with Crippen LogP contribution in [0.3, 0.4) is 0 Å². The summed E-state index contributed by atoms with van der Waals surface area (Å²) in [4.78, 5) is 6.34. The zero-order valence-corrected chi connectivity index (χ0v) is 34.2. The van der Waals surface area contributed by atoms with Gasteiger partial charge in [0.05, 0.1) is 6.99 Å². The van der Waals surface area contributed by atoms with E-state index in [0.717, 1.165) is 26.2 Å². The van der Waals surface area contributed by atoms with Crippen molar-refractivity contribution < 1.29 is 43.7 Å². The van der Waals surface area contributed by atoms with Gasteiger partial charge in [-0.25, -0.2) is 0 Å². The van der Waals surface area contributed by atoms with Crippen molar-refractivity contribution in [3.05, 3.63) is 59.7 Å². The minimum absolute atomic E-state index is 0.107. The Hall–Kier alpha value is 1.33. The Bertz CT molecular complexity index is 1640. The van der Waals surface area contributed by atoms with Crippen LogP contribution in [-0.2, 0) is 97.6 Å². The molecule has 0 bridgehead atoms. The summed E-state index contributed by atoms with van der Waals surface area (Å²) < 4.78 is 122. The van der Waals surface area contributed by atoms with E-state index in [2.05, 4.69) is 12.2 Å². The Balaban J connectivity index is 0.000000631. The Kier molecular flexibility index (Phi) is 17.3. The summed E-state index contributed by atoms with van der Waals surface area (Å²) in [5.41, 5.74) is 9.70. The lowest BCUT2D eigenvalue weighted by atomic mass is 10.2. The van der Waals surface area contributed by atoms with Gasteiger partial charge in [0, 0.05) is 32.3 Å². The number of primary amides is 1. The molecule has 1 amide bonds. The molecule has 30 heteroatoms. The molecule has 0 atom stereocenters. The molecule has 0 aliphatic heterocycles. The summed E-state index contributed by atoms with van der Waals surface area (Å²) in [6, 6.07) is 3.67. The molecule has 0 aliphatic rings. The fraction of sp³-hybridized carbons (Fsp3) is 0. The maximum absolute atomic E-state index is 12.2. The molecular weight excluding hydrogens is 943 g/mol. The van der Waals surface area contributed by atoms with Gasteiger partial charge in [0.1, 0.15) is 14.8 Å². The predicted octanol–water partition coefficient (Wildman–Crippen LogP) is 10.8. The van der Waals surface area contributed by atoms with Gasteiger partial charge in [0.25, 0.3) is 0 Å². The molecule has 2 aromatic carbocycles. The normalized spacial score (nSPS) is 15.0. The maximum atomic E-state index is 12.2. The number of hydrogen-bond donors (Lipinski definition) is 2. The van der Waals surface area contributed by atoms with Crippen molar-refractivity contribution in [2.45, 2.75) is 9.79 Å².